The highest BCUT2D eigenvalue weighted by molar-refractivity contribution is 5.96. The summed E-state index contributed by atoms with van der Waals surface area (Å²) in [6, 6.07) is 0. The average Bonchev–Trinajstić information content (AvgIpc) is 2.13. The van der Waals surface area contributed by atoms with Crippen LogP contribution in [0.15, 0.2) is 11.6 Å². The van der Waals surface area contributed by atoms with E-state index in [1.54, 1.807) is 0 Å². The van der Waals surface area contributed by atoms with Crippen LogP contribution in [0.4, 0.5) is 0 Å². The van der Waals surface area contributed by atoms with E-state index in [0.29, 0.717) is 12.3 Å². The molecule has 0 fully saturated rings. The molecule has 0 radical (unpaired) electrons. The van der Waals surface area contributed by atoms with Crippen LogP contribution in [0, 0.1) is 0 Å². The molecule has 2 nitrogen and oxygen atoms in total. The van der Waals surface area contributed by atoms with Crippen molar-refractivity contribution in [2.24, 2.45) is 0 Å². The molecule has 0 unspecified atom stereocenters. The van der Waals surface area contributed by atoms with Crippen molar-refractivity contribution in [3.8, 4) is 0 Å². The molecule has 0 spiro atoms. The van der Waals surface area contributed by atoms with Gasteiger partial charge in [0, 0.05) is 0 Å². The lowest BCUT2D eigenvalue weighted by atomic mass is 9.97. The second-order valence-corrected chi connectivity index (χ2v) is 3.89. The summed E-state index contributed by atoms with van der Waals surface area (Å²) in [5, 5.41) is 3.09. The molecule has 2 heteroatoms. The second kappa shape index (κ2) is 6.77. The Kier molecular flexibility index (Phi) is 5.53. The number of carbonyl (C=O) groups excluding carboxylic acids is 1. The van der Waals surface area contributed by atoms with Crippen molar-refractivity contribution in [3.63, 3.8) is 0 Å². The number of likely N-dealkylation sites (N-methyl/N-ethyl adjacent to an activating group) is 1. The van der Waals surface area contributed by atoms with Crippen LogP contribution in [0.2, 0.25) is 0 Å². The smallest absolute Gasteiger partial charge is 0.172 e. The minimum atomic E-state index is 0.300. The minimum Gasteiger partial charge on any atom is -0.310 e. The zero-order chi connectivity index (χ0) is 10.2. The van der Waals surface area contributed by atoms with Gasteiger partial charge in [0.1, 0.15) is 0 Å². The number of Topliss-reactive ketones (excluding diaryl/α,β-unsaturated/α-hetero) is 1. The quantitative estimate of drug-likeness (QED) is 0.746. The second-order valence-electron chi connectivity index (χ2n) is 3.89. The maximum Gasteiger partial charge on any atom is 0.172 e. The first-order chi connectivity index (χ1) is 6.84. The summed E-state index contributed by atoms with van der Waals surface area (Å²) in [6.07, 6.45) is 9.27. The highest BCUT2D eigenvalue weighted by Crippen LogP contribution is 2.17. The molecule has 0 heterocycles. The zero-order valence-electron chi connectivity index (χ0n) is 9.14. The molecule has 0 atom stereocenters. The Hall–Kier alpha value is -0.630. The summed E-state index contributed by atoms with van der Waals surface area (Å²) < 4.78 is 0. The molecule has 0 saturated heterocycles. The Balaban J connectivity index is 2.42. The molecule has 1 N–H and O–H groups in total. The molecule has 0 bridgehead atoms. The standard InChI is InChI=1S/C12H21NO/c1-2-13-10-12(14)11-8-6-4-3-5-7-9-11/h8,13H,2-7,9-10H2,1H3. The zero-order valence-corrected chi connectivity index (χ0v) is 9.14. The van der Waals surface area contributed by atoms with Crippen LogP contribution in [-0.2, 0) is 4.79 Å². The molecule has 0 aromatic rings. The molecule has 80 valence electrons. The van der Waals surface area contributed by atoms with Gasteiger partial charge in [0.25, 0.3) is 0 Å². The first-order valence-electron chi connectivity index (χ1n) is 5.77. The van der Waals surface area contributed by atoms with Crippen LogP contribution in [0.25, 0.3) is 0 Å². The third-order valence-corrected chi connectivity index (χ3v) is 2.68. The summed E-state index contributed by atoms with van der Waals surface area (Å²) in [7, 11) is 0. The molecule has 1 aliphatic rings. The highest BCUT2D eigenvalue weighted by Gasteiger charge is 2.09. The van der Waals surface area contributed by atoms with Gasteiger partial charge in [-0.3, -0.25) is 4.79 Å². The van der Waals surface area contributed by atoms with Crippen LogP contribution in [0.1, 0.15) is 45.4 Å². The van der Waals surface area contributed by atoms with Gasteiger partial charge in [0.05, 0.1) is 6.54 Å². The van der Waals surface area contributed by atoms with Crippen LogP contribution >= 0.6 is 0 Å². The van der Waals surface area contributed by atoms with Gasteiger partial charge < -0.3 is 5.32 Å². The van der Waals surface area contributed by atoms with Gasteiger partial charge in [0.2, 0.25) is 0 Å². The topological polar surface area (TPSA) is 29.1 Å². The van der Waals surface area contributed by atoms with Gasteiger partial charge in [-0.2, -0.15) is 0 Å². The number of hydrogen-bond acceptors (Lipinski definition) is 2. The summed E-state index contributed by atoms with van der Waals surface area (Å²) >= 11 is 0. The van der Waals surface area contributed by atoms with Gasteiger partial charge in [0.15, 0.2) is 5.78 Å². The maximum absolute atomic E-state index is 11.7. The van der Waals surface area contributed by atoms with Crippen LogP contribution in [0.3, 0.4) is 0 Å². The van der Waals surface area contributed by atoms with E-state index in [2.05, 4.69) is 11.4 Å². The first-order valence-corrected chi connectivity index (χ1v) is 5.77. The predicted molar refractivity (Wildman–Crippen MR) is 59.3 cm³/mol. The Morgan fingerprint density at radius 1 is 1.36 bits per heavy atom. The Labute approximate surface area is 86.8 Å². The summed E-state index contributed by atoms with van der Waals surface area (Å²) in [4.78, 5) is 11.7. The molecule has 0 aromatic carbocycles. The van der Waals surface area contributed by atoms with E-state index in [0.717, 1.165) is 25.0 Å². The number of allylic oxidation sites excluding steroid dienone is 1. The van der Waals surface area contributed by atoms with Crippen molar-refractivity contribution in [2.75, 3.05) is 13.1 Å². The van der Waals surface area contributed by atoms with Gasteiger partial charge in [-0.1, -0.05) is 25.8 Å². The fourth-order valence-corrected chi connectivity index (χ4v) is 1.80. The van der Waals surface area contributed by atoms with E-state index in [4.69, 9.17) is 0 Å². The van der Waals surface area contributed by atoms with E-state index in [9.17, 15) is 4.79 Å². The van der Waals surface area contributed by atoms with E-state index in [-0.39, 0.29) is 0 Å². The van der Waals surface area contributed by atoms with Crippen molar-refractivity contribution in [2.45, 2.75) is 45.4 Å². The van der Waals surface area contributed by atoms with Crippen molar-refractivity contribution >= 4 is 5.78 Å². The Bertz CT molecular complexity index is 208. The van der Waals surface area contributed by atoms with Gasteiger partial charge >= 0.3 is 0 Å². The van der Waals surface area contributed by atoms with E-state index >= 15 is 0 Å². The van der Waals surface area contributed by atoms with E-state index in [1.165, 1.54) is 25.7 Å². The number of hydrogen-bond donors (Lipinski definition) is 1. The number of ketones is 1. The number of carbonyl (C=O) groups is 1. The number of rotatable bonds is 4. The predicted octanol–water partition coefficient (Wildman–Crippen LogP) is 2.45. The summed E-state index contributed by atoms with van der Waals surface area (Å²) in [5.74, 6) is 0.300. The van der Waals surface area contributed by atoms with Crippen LogP contribution < -0.4 is 5.32 Å². The van der Waals surface area contributed by atoms with E-state index in [1.807, 2.05) is 6.92 Å². The largest absolute Gasteiger partial charge is 0.310 e. The minimum absolute atomic E-state index is 0.300. The first kappa shape index (κ1) is 11.4. The molecule has 0 saturated carbocycles. The molecular formula is C12H21NO. The Morgan fingerprint density at radius 3 is 2.93 bits per heavy atom. The summed E-state index contributed by atoms with van der Waals surface area (Å²) in [5.41, 5.74) is 1.06. The Morgan fingerprint density at radius 2 is 2.14 bits per heavy atom. The molecule has 0 amide bonds. The molecule has 14 heavy (non-hydrogen) atoms. The molecule has 0 aliphatic heterocycles. The SMILES string of the molecule is CCNCC(=O)C1=CCCCCCC1. The molecule has 1 aliphatic carbocycles. The van der Waals surface area contributed by atoms with Crippen molar-refractivity contribution in [3.05, 3.63) is 11.6 Å². The lowest BCUT2D eigenvalue weighted by molar-refractivity contribution is -0.115. The molecule has 1 rings (SSSR count). The lowest BCUT2D eigenvalue weighted by Gasteiger charge is -2.10. The monoisotopic (exact) mass is 195 g/mol. The van der Waals surface area contributed by atoms with Crippen molar-refractivity contribution < 1.29 is 4.79 Å². The van der Waals surface area contributed by atoms with E-state index < -0.39 is 0 Å². The average molecular weight is 195 g/mol. The van der Waals surface area contributed by atoms with Crippen molar-refractivity contribution in [1.82, 2.24) is 5.32 Å². The fraction of sp³-hybridized carbons (Fsp3) is 0.750. The van der Waals surface area contributed by atoms with Gasteiger partial charge in [-0.05, 0) is 37.8 Å². The fourth-order valence-electron chi connectivity index (χ4n) is 1.80. The number of nitrogens with one attached hydrogen (secondary N) is 1. The lowest BCUT2D eigenvalue weighted by Crippen LogP contribution is -2.23. The third kappa shape index (κ3) is 4.05. The van der Waals surface area contributed by atoms with Gasteiger partial charge in [-0.15, -0.1) is 0 Å². The van der Waals surface area contributed by atoms with Gasteiger partial charge in [-0.25, -0.2) is 0 Å². The maximum atomic E-state index is 11.7. The molecule has 0 aromatic heterocycles. The molecular weight excluding hydrogens is 174 g/mol. The third-order valence-electron chi connectivity index (χ3n) is 2.68. The normalized spacial score (nSPS) is 18.2. The van der Waals surface area contributed by atoms with Crippen molar-refractivity contribution in [1.29, 1.82) is 0 Å². The van der Waals surface area contributed by atoms with Crippen LogP contribution in [-0.4, -0.2) is 18.9 Å². The highest BCUT2D eigenvalue weighted by atomic mass is 16.1. The summed E-state index contributed by atoms with van der Waals surface area (Å²) in [6.45, 7) is 3.42. The van der Waals surface area contributed by atoms with Crippen LogP contribution in [0.5, 0.6) is 0 Å².